The van der Waals surface area contributed by atoms with E-state index < -0.39 is 0 Å². The first-order chi connectivity index (χ1) is 17.9. The molecule has 3 fully saturated rings. The maximum Gasteiger partial charge on any atom is 0.254 e. The molecule has 6 nitrogen and oxygen atoms in total. The van der Waals surface area contributed by atoms with Gasteiger partial charge in [-0.25, -0.2) is 0 Å². The van der Waals surface area contributed by atoms with Crippen molar-refractivity contribution in [2.24, 2.45) is 17.8 Å². The molecule has 2 aliphatic heterocycles. The summed E-state index contributed by atoms with van der Waals surface area (Å²) in [4.78, 5) is 30.9. The third kappa shape index (κ3) is 5.69. The molecule has 0 aromatic heterocycles. The second-order valence-corrected chi connectivity index (χ2v) is 11.4. The normalized spacial score (nSPS) is 22.7. The van der Waals surface area contributed by atoms with Crippen molar-refractivity contribution < 1.29 is 14.3 Å². The maximum atomic E-state index is 13.4. The van der Waals surface area contributed by atoms with Crippen LogP contribution in [0.4, 0.5) is 0 Å². The van der Waals surface area contributed by atoms with Gasteiger partial charge in [-0.15, -0.1) is 0 Å². The topological polar surface area (TPSA) is 61.9 Å². The maximum absolute atomic E-state index is 13.4. The van der Waals surface area contributed by atoms with Crippen LogP contribution in [0.3, 0.4) is 0 Å². The standard InChI is InChI=1S/C31H41N3O3/c1-21-15-27(37-3)16-22(2)29(21)31(36)34-19-25-17-33(18-26(25)20-34)14-13-28(23-9-5-4-6-10-23)32-30(35)24-11-7-8-12-24/h4-6,9-10,15-16,24-26,28H,7-8,11-14,17-20H2,1-3H3,(H,32,35)/t25-,26+,28-/m0/s1. The number of aryl methyl sites for hydroxylation is 2. The zero-order valence-corrected chi connectivity index (χ0v) is 22.5. The number of nitrogens with one attached hydrogen (secondary N) is 1. The number of benzene rings is 2. The summed E-state index contributed by atoms with van der Waals surface area (Å²) in [5.41, 5.74) is 3.97. The fraction of sp³-hybridized carbons (Fsp3) is 0.548. The SMILES string of the molecule is COc1cc(C)c(C(=O)N2C[C@H]3CN(CC[C@H](NC(=O)C4CCCC4)c4ccccc4)C[C@H]3C2)c(C)c1. The Morgan fingerprint density at radius 2 is 1.59 bits per heavy atom. The zero-order valence-electron chi connectivity index (χ0n) is 22.5. The van der Waals surface area contributed by atoms with E-state index in [9.17, 15) is 9.59 Å². The van der Waals surface area contributed by atoms with Crippen molar-refractivity contribution in [3.63, 3.8) is 0 Å². The van der Waals surface area contributed by atoms with Gasteiger partial charge in [-0.1, -0.05) is 43.2 Å². The minimum atomic E-state index is 0.0499. The molecule has 198 valence electrons. The highest BCUT2D eigenvalue weighted by molar-refractivity contribution is 5.97. The number of fused-ring (bicyclic) bond motifs is 1. The van der Waals surface area contributed by atoms with Crippen LogP contribution >= 0.6 is 0 Å². The van der Waals surface area contributed by atoms with Gasteiger partial charge in [0.1, 0.15) is 5.75 Å². The van der Waals surface area contributed by atoms with Crippen LogP contribution in [0.25, 0.3) is 0 Å². The Morgan fingerprint density at radius 1 is 0.973 bits per heavy atom. The van der Waals surface area contributed by atoms with E-state index in [1.54, 1.807) is 7.11 Å². The van der Waals surface area contributed by atoms with E-state index in [4.69, 9.17) is 4.74 Å². The van der Waals surface area contributed by atoms with Crippen molar-refractivity contribution in [1.82, 2.24) is 15.1 Å². The summed E-state index contributed by atoms with van der Waals surface area (Å²) >= 11 is 0. The molecule has 3 aliphatic rings. The smallest absolute Gasteiger partial charge is 0.254 e. The number of nitrogens with zero attached hydrogens (tertiary/aromatic N) is 2. The lowest BCUT2D eigenvalue weighted by atomic mass is 10.0. The van der Waals surface area contributed by atoms with Gasteiger partial charge < -0.3 is 19.9 Å². The van der Waals surface area contributed by atoms with Crippen LogP contribution < -0.4 is 10.1 Å². The Bertz CT molecular complexity index is 1070. The molecule has 1 saturated carbocycles. The molecule has 2 amide bonds. The predicted molar refractivity (Wildman–Crippen MR) is 146 cm³/mol. The molecule has 37 heavy (non-hydrogen) atoms. The number of ether oxygens (including phenoxy) is 1. The van der Waals surface area contributed by atoms with Gasteiger partial charge in [0.15, 0.2) is 0 Å². The van der Waals surface area contributed by atoms with E-state index in [1.807, 2.05) is 32.0 Å². The minimum absolute atomic E-state index is 0.0499. The Hall–Kier alpha value is -2.86. The first-order valence-electron chi connectivity index (χ1n) is 13.9. The number of amides is 2. The van der Waals surface area contributed by atoms with Crippen LogP contribution in [0, 0.1) is 31.6 Å². The molecule has 3 atom stereocenters. The second-order valence-electron chi connectivity index (χ2n) is 11.4. The Labute approximate surface area is 221 Å². The van der Waals surface area contributed by atoms with Gasteiger partial charge in [0.25, 0.3) is 5.91 Å². The number of rotatable bonds is 8. The van der Waals surface area contributed by atoms with Crippen LogP contribution in [0.15, 0.2) is 42.5 Å². The fourth-order valence-electron chi connectivity index (χ4n) is 6.77. The third-order valence-corrected chi connectivity index (χ3v) is 8.78. The van der Waals surface area contributed by atoms with Gasteiger partial charge in [0.2, 0.25) is 5.91 Å². The Kier molecular flexibility index (Phi) is 7.84. The molecule has 5 rings (SSSR count). The number of carbonyl (C=O) groups excluding carboxylic acids is 2. The van der Waals surface area contributed by atoms with Crippen molar-refractivity contribution in [3.05, 3.63) is 64.7 Å². The molecule has 2 aromatic carbocycles. The monoisotopic (exact) mass is 503 g/mol. The third-order valence-electron chi connectivity index (χ3n) is 8.78. The van der Waals surface area contributed by atoms with Gasteiger partial charge in [-0.3, -0.25) is 9.59 Å². The molecular weight excluding hydrogens is 462 g/mol. The lowest BCUT2D eigenvalue weighted by molar-refractivity contribution is -0.125. The largest absolute Gasteiger partial charge is 0.497 e. The lowest BCUT2D eigenvalue weighted by Crippen LogP contribution is -2.37. The van der Waals surface area contributed by atoms with Gasteiger partial charge in [0, 0.05) is 44.2 Å². The minimum Gasteiger partial charge on any atom is -0.497 e. The van der Waals surface area contributed by atoms with E-state index in [-0.39, 0.29) is 23.8 Å². The molecule has 0 unspecified atom stereocenters. The highest BCUT2D eigenvalue weighted by atomic mass is 16.5. The van der Waals surface area contributed by atoms with E-state index in [1.165, 1.54) is 18.4 Å². The highest BCUT2D eigenvalue weighted by Gasteiger charge is 2.42. The predicted octanol–water partition coefficient (Wildman–Crippen LogP) is 4.75. The number of carbonyl (C=O) groups is 2. The average molecular weight is 504 g/mol. The first-order valence-corrected chi connectivity index (χ1v) is 13.9. The quantitative estimate of drug-likeness (QED) is 0.565. The van der Waals surface area contributed by atoms with Gasteiger partial charge in [-0.05, 0) is 73.8 Å². The van der Waals surface area contributed by atoms with Crippen LogP contribution in [-0.2, 0) is 4.79 Å². The summed E-state index contributed by atoms with van der Waals surface area (Å²) in [5.74, 6) is 2.39. The number of likely N-dealkylation sites (tertiary alicyclic amines) is 2. The molecule has 0 spiro atoms. The van der Waals surface area contributed by atoms with Gasteiger partial charge >= 0.3 is 0 Å². The Morgan fingerprint density at radius 3 is 2.19 bits per heavy atom. The van der Waals surface area contributed by atoms with Gasteiger partial charge in [-0.2, -0.15) is 0 Å². The molecule has 1 aliphatic carbocycles. The number of hydrogen-bond acceptors (Lipinski definition) is 4. The second kappa shape index (κ2) is 11.3. The summed E-state index contributed by atoms with van der Waals surface area (Å²) in [5, 5.41) is 3.38. The molecule has 0 radical (unpaired) electrons. The molecule has 2 aromatic rings. The average Bonchev–Trinajstić information content (AvgIpc) is 3.63. The van der Waals surface area contributed by atoms with Crippen LogP contribution in [-0.4, -0.2) is 61.4 Å². The number of methoxy groups -OCH3 is 1. The molecule has 6 heteroatoms. The summed E-state index contributed by atoms with van der Waals surface area (Å²) in [7, 11) is 1.66. The van der Waals surface area contributed by atoms with Crippen molar-refractivity contribution in [2.45, 2.75) is 52.0 Å². The van der Waals surface area contributed by atoms with Crippen LogP contribution in [0.2, 0.25) is 0 Å². The zero-order chi connectivity index (χ0) is 25.9. The molecular formula is C31H41N3O3. The molecule has 2 heterocycles. The van der Waals surface area contributed by atoms with Crippen LogP contribution in [0.5, 0.6) is 5.75 Å². The van der Waals surface area contributed by atoms with E-state index in [0.29, 0.717) is 11.8 Å². The summed E-state index contributed by atoms with van der Waals surface area (Å²) < 4.78 is 5.37. The molecule has 0 bridgehead atoms. The Balaban J connectivity index is 1.17. The summed E-state index contributed by atoms with van der Waals surface area (Å²) in [6.45, 7) is 8.64. The first kappa shape index (κ1) is 25.8. The summed E-state index contributed by atoms with van der Waals surface area (Å²) in [6, 6.07) is 14.4. The highest BCUT2D eigenvalue weighted by Crippen LogP contribution is 2.34. The lowest BCUT2D eigenvalue weighted by Gasteiger charge is -2.26. The van der Waals surface area contributed by atoms with Crippen LogP contribution in [0.1, 0.15) is 65.2 Å². The van der Waals surface area contributed by atoms with Crippen molar-refractivity contribution in [3.8, 4) is 5.75 Å². The van der Waals surface area contributed by atoms with E-state index >= 15 is 0 Å². The number of hydrogen-bond donors (Lipinski definition) is 1. The van der Waals surface area contributed by atoms with E-state index in [2.05, 4.69) is 39.4 Å². The van der Waals surface area contributed by atoms with Crippen molar-refractivity contribution in [1.29, 1.82) is 0 Å². The van der Waals surface area contributed by atoms with E-state index in [0.717, 1.165) is 74.4 Å². The summed E-state index contributed by atoms with van der Waals surface area (Å²) in [6.07, 6.45) is 5.29. The molecule has 1 N–H and O–H groups in total. The van der Waals surface area contributed by atoms with Gasteiger partial charge in [0.05, 0.1) is 13.2 Å². The van der Waals surface area contributed by atoms with Crippen molar-refractivity contribution in [2.75, 3.05) is 39.8 Å². The molecule has 2 saturated heterocycles. The van der Waals surface area contributed by atoms with Crippen molar-refractivity contribution >= 4 is 11.8 Å². The fourth-order valence-corrected chi connectivity index (χ4v) is 6.77.